The SMILES string of the molecule is CSCC(=O)NC1CCN2C(=O)C(C(C)C)NC(=O)C2C1. The van der Waals surface area contributed by atoms with Crippen molar-refractivity contribution >= 4 is 29.5 Å². The van der Waals surface area contributed by atoms with Gasteiger partial charge in [0.1, 0.15) is 12.1 Å². The van der Waals surface area contributed by atoms with Crippen LogP contribution >= 0.6 is 11.8 Å². The van der Waals surface area contributed by atoms with Crippen molar-refractivity contribution in [2.45, 2.75) is 44.8 Å². The first kappa shape index (κ1) is 16.1. The Morgan fingerprint density at radius 3 is 2.81 bits per heavy atom. The van der Waals surface area contributed by atoms with Crippen molar-refractivity contribution < 1.29 is 14.4 Å². The second-order valence-corrected chi connectivity index (χ2v) is 6.87. The van der Waals surface area contributed by atoms with Gasteiger partial charge in [-0.2, -0.15) is 11.8 Å². The number of fused-ring (bicyclic) bond motifs is 1. The minimum absolute atomic E-state index is 0.00323. The Kier molecular flexibility index (Phi) is 5.13. The molecule has 21 heavy (non-hydrogen) atoms. The Labute approximate surface area is 129 Å². The number of rotatable bonds is 4. The smallest absolute Gasteiger partial charge is 0.246 e. The number of carbonyl (C=O) groups excluding carboxylic acids is 3. The van der Waals surface area contributed by atoms with Gasteiger partial charge in [-0.15, -0.1) is 0 Å². The number of amides is 3. The lowest BCUT2D eigenvalue weighted by Gasteiger charge is -2.45. The fourth-order valence-electron chi connectivity index (χ4n) is 2.95. The van der Waals surface area contributed by atoms with Crippen LogP contribution in [0.3, 0.4) is 0 Å². The van der Waals surface area contributed by atoms with Gasteiger partial charge in [-0.05, 0) is 25.0 Å². The van der Waals surface area contributed by atoms with Crippen LogP contribution in [0.5, 0.6) is 0 Å². The number of hydrogen-bond acceptors (Lipinski definition) is 4. The lowest BCUT2D eigenvalue weighted by Crippen LogP contribution is -2.67. The summed E-state index contributed by atoms with van der Waals surface area (Å²) in [6.45, 7) is 4.39. The van der Waals surface area contributed by atoms with Gasteiger partial charge in [0.05, 0.1) is 5.75 Å². The lowest BCUT2D eigenvalue weighted by molar-refractivity contribution is -0.153. The van der Waals surface area contributed by atoms with Crippen LogP contribution < -0.4 is 10.6 Å². The predicted octanol–water partition coefficient (Wildman–Crippen LogP) is -0.0204. The van der Waals surface area contributed by atoms with Crippen LogP contribution in [0, 0.1) is 5.92 Å². The Hall–Kier alpha value is -1.24. The van der Waals surface area contributed by atoms with Crippen molar-refractivity contribution in [3.63, 3.8) is 0 Å². The summed E-state index contributed by atoms with van der Waals surface area (Å²) in [5, 5.41) is 5.76. The molecule has 2 N–H and O–H groups in total. The Morgan fingerprint density at radius 2 is 2.19 bits per heavy atom. The molecule has 0 aromatic heterocycles. The minimum Gasteiger partial charge on any atom is -0.352 e. The standard InChI is InChI=1S/C14H23N3O3S/c1-8(2)12-14(20)17-5-4-9(15-11(18)7-21-3)6-10(17)13(19)16-12/h8-10,12H,4-7H2,1-3H3,(H,15,18)(H,16,19). The average molecular weight is 313 g/mol. The molecule has 0 bridgehead atoms. The summed E-state index contributed by atoms with van der Waals surface area (Å²) in [5.41, 5.74) is 0. The summed E-state index contributed by atoms with van der Waals surface area (Å²) in [4.78, 5) is 37.9. The van der Waals surface area contributed by atoms with Gasteiger partial charge in [-0.25, -0.2) is 0 Å². The van der Waals surface area contributed by atoms with Crippen LogP contribution in [-0.4, -0.2) is 59.3 Å². The van der Waals surface area contributed by atoms with E-state index in [9.17, 15) is 14.4 Å². The summed E-state index contributed by atoms with van der Waals surface area (Å²) in [6.07, 6.45) is 3.09. The highest BCUT2D eigenvalue weighted by Gasteiger charge is 2.44. The summed E-state index contributed by atoms with van der Waals surface area (Å²) in [6, 6.07) is -0.891. The molecule has 2 saturated heterocycles. The first-order valence-corrected chi connectivity index (χ1v) is 8.72. The highest BCUT2D eigenvalue weighted by atomic mass is 32.2. The van der Waals surface area contributed by atoms with Gasteiger partial charge >= 0.3 is 0 Å². The van der Waals surface area contributed by atoms with Crippen molar-refractivity contribution in [1.82, 2.24) is 15.5 Å². The van der Waals surface area contributed by atoms with Crippen molar-refractivity contribution in [1.29, 1.82) is 0 Å². The minimum atomic E-state index is -0.444. The van der Waals surface area contributed by atoms with Gasteiger partial charge < -0.3 is 15.5 Å². The van der Waals surface area contributed by atoms with Crippen LogP contribution in [0.25, 0.3) is 0 Å². The topological polar surface area (TPSA) is 78.5 Å². The van der Waals surface area contributed by atoms with Crippen molar-refractivity contribution in [3.8, 4) is 0 Å². The number of nitrogens with zero attached hydrogens (tertiary/aromatic N) is 1. The molecule has 0 saturated carbocycles. The van der Waals surface area contributed by atoms with E-state index in [1.165, 1.54) is 11.8 Å². The molecule has 3 atom stereocenters. The zero-order valence-corrected chi connectivity index (χ0v) is 13.5. The van der Waals surface area contributed by atoms with Crippen molar-refractivity contribution in [2.24, 2.45) is 5.92 Å². The highest BCUT2D eigenvalue weighted by molar-refractivity contribution is 7.99. The maximum absolute atomic E-state index is 12.4. The van der Waals surface area contributed by atoms with E-state index in [1.807, 2.05) is 20.1 Å². The maximum atomic E-state index is 12.4. The van der Waals surface area contributed by atoms with E-state index in [2.05, 4.69) is 10.6 Å². The number of nitrogens with one attached hydrogen (secondary N) is 2. The van der Waals surface area contributed by atoms with Crippen LogP contribution in [0.2, 0.25) is 0 Å². The van der Waals surface area contributed by atoms with Gasteiger partial charge in [0, 0.05) is 12.6 Å². The monoisotopic (exact) mass is 313 g/mol. The molecule has 0 aliphatic carbocycles. The first-order valence-electron chi connectivity index (χ1n) is 7.33. The summed E-state index contributed by atoms with van der Waals surface area (Å²) in [7, 11) is 0. The normalized spacial score (nSPS) is 29.1. The predicted molar refractivity (Wildman–Crippen MR) is 81.8 cm³/mol. The second-order valence-electron chi connectivity index (χ2n) is 6.00. The largest absolute Gasteiger partial charge is 0.352 e. The molecule has 6 nitrogen and oxygen atoms in total. The van der Waals surface area contributed by atoms with Crippen molar-refractivity contribution in [2.75, 3.05) is 18.6 Å². The van der Waals surface area contributed by atoms with Crippen molar-refractivity contribution in [3.05, 3.63) is 0 Å². The summed E-state index contributed by atoms with van der Waals surface area (Å²) >= 11 is 1.47. The number of piperazine rings is 1. The first-order chi connectivity index (χ1) is 9.93. The molecule has 2 rings (SSSR count). The molecule has 2 aliphatic heterocycles. The van der Waals surface area contributed by atoms with Crippen LogP contribution in [0.1, 0.15) is 26.7 Å². The molecule has 2 aliphatic rings. The van der Waals surface area contributed by atoms with Gasteiger partial charge in [0.15, 0.2) is 0 Å². The van der Waals surface area contributed by atoms with Gasteiger partial charge in [0.25, 0.3) is 0 Å². The third-order valence-corrected chi connectivity index (χ3v) is 4.61. The van der Waals surface area contributed by atoms with E-state index in [0.29, 0.717) is 25.1 Å². The molecule has 7 heteroatoms. The fraction of sp³-hybridized carbons (Fsp3) is 0.786. The van der Waals surface area contributed by atoms with E-state index in [1.54, 1.807) is 4.90 Å². The molecule has 2 heterocycles. The third-order valence-electron chi connectivity index (χ3n) is 4.06. The highest BCUT2D eigenvalue weighted by Crippen LogP contribution is 2.24. The molecule has 3 unspecified atom stereocenters. The quantitative estimate of drug-likeness (QED) is 0.764. The summed E-state index contributed by atoms with van der Waals surface area (Å²) < 4.78 is 0. The number of piperidine rings is 1. The molecule has 0 radical (unpaired) electrons. The van der Waals surface area contributed by atoms with E-state index in [0.717, 1.165) is 0 Å². The molecule has 3 amide bonds. The van der Waals surface area contributed by atoms with Gasteiger partial charge in [0.2, 0.25) is 17.7 Å². The average Bonchev–Trinajstić information content (AvgIpc) is 2.42. The molecule has 2 fully saturated rings. The van der Waals surface area contributed by atoms with E-state index in [-0.39, 0.29) is 29.7 Å². The Morgan fingerprint density at radius 1 is 1.48 bits per heavy atom. The van der Waals surface area contributed by atoms with Gasteiger partial charge in [-0.3, -0.25) is 14.4 Å². The van der Waals surface area contributed by atoms with E-state index < -0.39 is 12.1 Å². The van der Waals surface area contributed by atoms with E-state index in [4.69, 9.17) is 0 Å². The zero-order chi connectivity index (χ0) is 15.6. The molecular formula is C14H23N3O3S. The molecular weight excluding hydrogens is 290 g/mol. The maximum Gasteiger partial charge on any atom is 0.246 e. The van der Waals surface area contributed by atoms with Crippen LogP contribution in [-0.2, 0) is 14.4 Å². The third kappa shape index (κ3) is 3.51. The Bertz CT molecular complexity index is 441. The zero-order valence-electron chi connectivity index (χ0n) is 12.7. The molecule has 0 aromatic rings. The Balaban J connectivity index is 2.00. The van der Waals surface area contributed by atoms with Gasteiger partial charge in [-0.1, -0.05) is 13.8 Å². The molecule has 0 spiro atoms. The lowest BCUT2D eigenvalue weighted by atomic mass is 9.90. The number of carbonyl (C=O) groups is 3. The molecule has 0 aromatic carbocycles. The molecule has 118 valence electrons. The number of thioether (sulfide) groups is 1. The van der Waals surface area contributed by atoms with E-state index >= 15 is 0 Å². The number of hydrogen-bond donors (Lipinski definition) is 2. The van der Waals surface area contributed by atoms with Crippen LogP contribution in [0.4, 0.5) is 0 Å². The fourth-order valence-corrected chi connectivity index (χ4v) is 3.30. The second kappa shape index (κ2) is 6.68. The summed E-state index contributed by atoms with van der Waals surface area (Å²) in [5.74, 6) is 0.399. The van der Waals surface area contributed by atoms with Crippen LogP contribution in [0.15, 0.2) is 0 Å².